The first-order chi connectivity index (χ1) is 14.8. The van der Waals surface area contributed by atoms with Crippen LogP contribution in [0.25, 0.3) is 22.6 Å². The first-order valence-corrected chi connectivity index (χ1v) is 10.9. The number of primary sulfonamides is 1. The van der Waals surface area contributed by atoms with Gasteiger partial charge in [0.25, 0.3) is 0 Å². The molecule has 0 unspecified atom stereocenters. The van der Waals surface area contributed by atoms with Crippen LogP contribution in [0, 0.1) is 5.82 Å². The Balaban J connectivity index is 1.84. The number of sulfonamides is 1. The highest BCUT2D eigenvalue weighted by atomic mass is 32.2. The zero-order valence-electron chi connectivity index (χ0n) is 16.6. The smallest absolute Gasteiger partial charge is 0.238 e. The van der Waals surface area contributed by atoms with Gasteiger partial charge in [-0.3, -0.25) is 0 Å². The summed E-state index contributed by atoms with van der Waals surface area (Å²) in [6.07, 6.45) is 0.451. The van der Waals surface area contributed by atoms with E-state index in [9.17, 15) is 12.8 Å². The Kier molecular flexibility index (Phi) is 5.58. The fourth-order valence-electron chi connectivity index (χ4n) is 3.25. The van der Waals surface area contributed by atoms with Gasteiger partial charge in [0.2, 0.25) is 10.0 Å². The van der Waals surface area contributed by atoms with Gasteiger partial charge in [-0.2, -0.15) is 0 Å². The lowest BCUT2D eigenvalue weighted by atomic mass is 10.0. The van der Waals surface area contributed by atoms with Crippen LogP contribution in [0.3, 0.4) is 0 Å². The Labute approximate surface area is 179 Å². The molecule has 0 radical (unpaired) electrons. The fourth-order valence-corrected chi connectivity index (χ4v) is 3.76. The second-order valence-corrected chi connectivity index (χ2v) is 8.42. The summed E-state index contributed by atoms with van der Waals surface area (Å²) in [5.74, 6) is 0.740. The minimum atomic E-state index is -3.82. The van der Waals surface area contributed by atoms with Gasteiger partial charge in [0.05, 0.1) is 12.0 Å². The standard InChI is InChI=1S/C23H19FN2O4S/c1-29-20-14-17(24)9-12-19(20)22-23(16-7-10-18(11-8-16)31(25,27)28)30-21(26-22)13-15-5-3-2-4-6-15/h2-12,14H,13H2,1H3,(H2,25,27,28). The molecule has 31 heavy (non-hydrogen) atoms. The Morgan fingerprint density at radius 1 is 1.03 bits per heavy atom. The molecule has 4 aromatic rings. The van der Waals surface area contributed by atoms with Crippen LogP contribution in [-0.4, -0.2) is 20.5 Å². The molecule has 2 N–H and O–H groups in total. The van der Waals surface area contributed by atoms with Gasteiger partial charge >= 0.3 is 0 Å². The number of oxazole rings is 1. The molecule has 6 nitrogen and oxygen atoms in total. The molecule has 1 aromatic heterocycles. The number of benzene rings is 3. The number of nitrogens with two attached hydrogens (primary N) is 1. The summed E-state index contributed by atoms with van der Waals surface area (Å²) < 4.78 is 48.3. The molecular weight excluding hydrogens is 419 g/mol. The lowest BCUT2D eigenvalue weighted by molar-refractivity contribution is 0.413. The quantitative estimate of drug-likeness (QED) is 0.482. The summed E-state index contributed by atoms with van der Waals surface area (Å²) in [6, 6.07) is 19.8. The van der Waals surface area contributed by atoms with Crippen LogP contribution in [0.2, 0.25) is 0 Å². The van der Waals surface area contributed by atoms with E-state index in [0.29, 0.717) is 40.6 Å². The average molecular weight is 438 g/mol. The molecular formula is C23H19FN2O4S. The van der Waals surface area contributed by atoms with Gasteiger partial charge in [0.15, 0.2) is 11.7 Å². The maximum absolute atomic E-state index is 13.7. The van der Waals surface area contributed by atoms with Crippen molar-refractivity contribution >= 4 is 10.0 Å². The van der Waals surface area contributed by atoms with Crippen molar-refractivity contribution < 1.29 is 22.0 Å². The number of rotatable bonds is 6. The van der Waals surface area contributed by atoms with Gasteiger partial charge in [-0.1, -0.05) is 30.3 Å². The Morgan fingerprint density at radius 2 is 1.74 bits per heavy atom. The van der Waals surface area contributed by atoms with Gasteiger partial charge in [0.1, 0.15) is 17.3 Å². The fraction of sp³-hybridized carbons (Fsp3) is 0.0870. The van der Waals surface area contributed by atoms with E-state index in [0.717, 1.165) is 5.56 Å². The van der Waals surface area contributed by atoms with Crippen LogP contribution in [0.5, 0.6) is 5.75 Å². The van der Waals surface area contributed by atoms with Gasteiger partial charge in [-0.25, -0.2) is 22.9 Å². The summed E-state index contributed by atoms with van der Waals surface area (Å²) in [7, 11) is -2.37. The van der Waals surface area contributed by atoms with Crippen LogP contribution in [0.1, 0.15) is 11.5 Å². The zero-order chi connectivity index (χ0) is 22.0. The molecule has 158 valence electrons. The molecule has 1 heterocycles. The molecule has 0 saturated carbocycles. The van der Waals surface area contributed by atoms with Crippen molar-refractivity contribution in [2.75, 3.05) is 7.11 Å². The van der Waals surface area contributed by atoms with Gasteiger partial charge in [0, 0.05) is 23.6 Å². The molecule has 0 spiro atoms. The molecule has 0 bridgehead atoms. The number of nitrogens with zero attached hydrogens (tertiary/aromatic N) is 1. The zero-order valence-corrected chi connectivity index (χ0v) is 17.4. The third-order valence-electron chi connectivity index (χ3n) is 4.73. The summed E-state index contributed by atoms with van der Waals surface area (Å²) in [5, 5.41) is 5.19. The SMILES string of the molecule is COc1cc(F)ccc1-c1nc(Cc2ccccc2)oc1-c1ccc(S(N)(=O)=O)cc1. The van der Waals surface area contributed by atoms with Crippen molar-refractivity contribution in [2.24, 2.45) is 5.14 Å². The van der Waals surface area contributed by atoms with Crippen molar-refractivity contribution in [2.45, 2.75) is 11.3 Å². The minimum absolute atomic E-state index is 0.0128. The summed E-state index contributed by atoms with van der Waals surface area (Å²) in [4.78, 5) is 4.64. The van der Waals surface area contributed by atoms with E-state index >= 15 is 0 Å². The van der Waals surface area contributed by atoms with Crippen molar-refractivity contribution in [3.8, 4) is 28.3 Å². The Bertz CT molecular complexity index is 1320. The second-order valence-electron chi connectivity index (χ2n) is 6.86. The minimum Gasteiger partial charge on any atom is -0.496 e. The predicted octanol–water partition coefficient (Wildman–Crippen LogP) is 4.39. The maximum Gasteiger partial charge on any atom is 0.238 e. The lowest BCUT2D eigenvalue weighted by Gasteiger charge is -2.08. The summed E-state index contributed by atoms with van der Waals surface area (Å²) in [5.41, 5.74) is 2.63. The molecule has 0 aliphatic rings. The van der Waals surface area contributed by atoms with Crippen molar-refractivity contribution in [3.63, 3.8) is 0 Å². The molecule has 0 fully saturated rings. The molecule has 8 heteroatoms. The van der Waals surface area contributed by atoms with Crippen LogP contribution in [-0.2, 0) is 16.4 Å². The molecule has 3 aromatic carbocycles. The Morgan fingerprint density at radius 3 is 2.39 bits per heavy atom. The largest absolute Gasteiger partial charge is 0.496 e. The van der Waals surface area contributed by atoms with Crippen molar-refractivity contribution in [3.05, 3.63) is 90.1 Å². The van der Waals surface area contributed by atoms with Gasteiger partial charge in [-0.15, -0.1) is 0 Å². The van der Waals surface area contributed by atoms with E-state index in [-0.39, 0.29) is 4.90 Å². The highest BCUT2D eigenvalue weighted by Gasteiger charge is 2.21. The first kappa shape index (κ1) is 20.8. The molecule has 4 rings (SSSR count). The average Bonchev–Trinajstić information content (AvgIpc) is 3.17. The number of ether oxygens (including phenoxy) is 1. The number of methoxy groups -OCH3 is 1. The van der Waals surface area contributed by atoms with E-state index in [4.69, 9.17) is 14.3 Å². The molecule has 0 amide bonds. The van der Waals surface area contributed by atoms with E-state index in [1.54, 1.807) is 18.2 Å². The molecule has 0 atom stereocenters. The van der Waals surface area contributed by atoms with E-state index in [2.05, 4.69) is 4.98 Å². The molecule has 0 saturated heterocycles. The molecule has 0 aliphatic carbocycles. The first-order valence-electron chi connectivity index (χ1n) is 9.36. The number of aromatic nitrogens is 1. The van der Waals surface area contributed by atoms with Crippen LogP contribution >= 0.6 is 0 Å². The van der Waals surface area contributed by atoms with Crippen molar-refractivity contribution in [1.29, 1.82) is 0 Å². The Hall–Kier alpha value is -3.49. The van der Waals surface area contributed by atoms with Crippen LogP contribution < -0.4 is 9.88 Å². The van der Waals surface area contributed by atoms with Gasteiger partial charge in [-0.05, 0) is 42.0 Å². The molecule has 0 aliphatic heterocycles. The van der Waals surface area contributed by atoms with E-state index < -0.39 is 15.8 Å². The summed E-state index contributed by atoms with van der Waals surface area (Å²) in [6.45, 7) is 0. The lowest BCUT2D eigenvalue weighted by Crippen LogP contribution is -2.11. The predicted molar refractivity (Wildman–Crippen MR) is 115 cm³/mol. The van der Waals surface area contributed by atoms with E-state index in [1.165, 1.54) is 31.4 Å². The number of hydrogen-bond acceptors (Lipinski definition) is 5. The van der Waals surface area contributed by atoms with E-state index in [1.807, 2.05) is 30.3 Å². The number of hydrogen-bond donors (Lipinski definition) is 1. The monoisotopic (exact) mass is 438 g/mol. The third kappa shape index (κ3) is 4.50. The highest BCUT2D eigenvalue weighted by molar-refractivity contribution is 7.89. The third-order valence-corrected chi connectivity index (χ3v) is 5.66. The van der Waals surface area contributed by atoms with Crippen LogP contribution in [0.15, 0.2) is 82.1 Å². The second kappa shape index (κ2) is 8.33. The topological polar surface area (TPSA) is 95.4 Å². The highest BCUT2D eigenvalue weighted by Crippen LogP contribution is 2.38. The van der Waals surface area contributed by atoms with Crippen LogP contribution in [0.4, 0.5) is 4.39 Å². The van der Waals surface area contributed by atoms with Gasteiger partial charge < -0.3 is 9.15 Å². The maximum atomic E-state index is 13.7. The number of halogens is 1. The normalized spacial score (nSPS) is 11.5. The van der Waals surface area contributed by atoms with Crippen molar-refractivity contribution in [1.82, 2.24) is 4.98 Å². The summed E-state index contributed by atoms with van der Waals surface area (Å²) >= 11 is 0.